The first-order valence-electron chi connectivity index (χ1n) is 9.85. The summed E-state index contributed by atoms with van der Waals surface area (Å²) >= 11 is 0. The van der Waals surface area contributed by atoms with Crippen LogP contribution in [0.1, 0.15) is 22.8 Å². The van der Waals surface area contributed by atoms with Crippen LogP contribution >= 0.6 is 0 Å². The topological polar surface area (TPSA) is 54.6 Å². The molecule has 0 spiro atoms. The highest BCUT2D eigenvalue weighted by Crippen LogP contribution is 2.15. The largest absolute Gasteiger partial charge is 0.485 e. The Kier molecular flexibility index (Phi) is 6.17. The fraction of sp³-hybridized carbons (Fsp3) is 0.364. The standard InChI is InChI=1S/C22H25FN4O2/c1-17-4-2-3-5-18(17)14-26-10-12-27(13-11-26)15-22-24-21(25-29-22)16-28-20-8-6-19(23)7-9-20/h2-9H,10-16H2,1H3. The summed E-state index contributed by atoms with van der Waals surface area (Å²) in [6, 6.07) is 14.4. The third kappa shape index (κ3) is 5.40. The zero-order valence-corrected chi connectivity index (χ0v) is 16.6. The normalized spacial score (nSPS) is 15.5. The van der Waals surface area contributed by atoms with Gasteiger partial charge in [-0.05, 0) is 42.3 Å². The first-order valence-corrected chi connectivity index (χ1v) is 9.85. The van der Waals surface area contributed by atoms with Crippen molar-refractivity contribution in [3.05, 3.63) is 77.2 Å². The van der Waals surface area contributed by atoms with E-state index in [1.165, 1.54) is 23.3 Å². The number of rotatable bonds is 7. The molecule has 0 aliphatic carbocycles. The second-order valence-electron chi connectivity index (χ2n) is 7.33. The van der Waals surface area contributed by atoms with E-state index in [1.54, 1.807) is 12.1 Å². The number of benzene rings is 2. The van der Waals surface area contributed by atoms with E-state index >= 15 is 0 Å². The summed E-state index contributed by atoms with van der Waals surface area (Å²) in [5.41, 5.74) is 2.74. The van der Waals surface area contributed by atoms with Crippen LogP contribution in [-0.2, 0) is 19.7 Å². The molecule has 0 bridgehead atoms. The van der Waals surface area contributed by atoms with Crippen LogP contribution in [-0.4, -0.2) is 46.1 Å². The lowest BCUT2D eigenvalue weighted by molar-refractivity contribution is 0.112. The molecule has 6 nitrogen and oxygen atoms in total. The van der Waals surface area contributed by atoms with Gasteiger partial charge in [0.05, 0.1) is 6.54 Å². The van der Waals surface area contributed by atoms with E-state index in [9.17, 15) is 4.39 Å². The molecule has 1 fully saturated rings. The van der Waals surface area contributed by atoms with Crippen molar-refractivity contribution in [3.8, 4) is 5.75 Å². The van der Waals surface area contributed by atoms with Crippen LogP contribution in [0.15, 0.2) is 53.1 Å². The molecular formula is C22H25FN4O2. The number of halogens is 1. The summed E-state index contributed by atoms with van der Waals surface area (Å²) in [5, 5.41) is 3.97. The van der Waals surface area contributed by atoms with Gasteiger partial charge >= 0.3 is 0 Å². The lowest BCUT2D eigenvalue weighted by Gasteiger charge is -2.34. The maximum Gasteiger partial charge on any atom is 0.240 e. The van der Waals surface area contributed by atoms with E-state index < -0.39 is 0 Å². The van der Waals surface area contributed by atoms with Crippen LogP contribution in [0, 0.1) is 12.7 Å². The van der Waals surface area contributed by atoms with Crippen molar-refractivity contribution in [1.82, 2.24) is 19.9 Å². The molecule has 2 aromatic carbocycles. The van der Waals surface area contributed by atoms with Crippen LogP contribution in [0.3, 0.4) is 0 Å². The SMILES string of the molecule is Cc1ccccc1CN1CCN(Cc2nc(COc3ccc(F)cc3)no2)CC1. The van der Waals surface area contributed by atoms with Gasteiger partial charge in [-0.15, -0.1) is 0 Å². The molecule has 29 heavy (non-hydrogen) atoms. The predicted molar refractivity (Wildman–Crippen MR) is 107 cm³/mol. The van der Waals surface area contributed by atoms with Gasteiger partial charge in [0.1, 0.15) is 11.6 Å². The first kappa shape index (κ1) is 19.5. The van der Waals surface area contributed by atoms with Gasteiger partial charge < -0.3 is 9.26 Å². The Morgan fingerprint density at radius 1 is 0.966 bits per heavy atom. The number of hydrogen-bond acceptors (Lipinski definition) is 6. The maximum atomic E-state index is 12.9. The lowest BCUT2D eigenvalue weighted by atomic mass is 10.1. The van der Waals surface area contributed by atoms with E-state index in [1.807, 2.05) is 0 Å². The number of aromatic nitrogens is 2. The van der Waals surface area contributed by atoms with E-state index in [0.29, 0.717) is 24.0 Å². The first-order chi connectivity index (χ1) is 14.2. The molecule has 0 atom stereocenters. The zero-order chi connectivity index (χ0) is 20.1. The molecule has 1 aliphatic rings. The van der Waals surface area contributed by atoms with Crippen LogP contribution in [0.2, 0.25) is 0 Å². The monoisotopic (exact) mass is 396 g/mol. The number of aryl methyl sites for hydroxylation is 1. The highest BCUT2D eigenvalue weighted by Gasteiger charge is 2.19. The van der Waals surface area contributed by atoms with Crippen LogP contribution in [0.25, 0.3) is 0 Å². The minimum atomic E-state index is -0.293. The van der Waals surface area contributed by atoms with Gasteiger partial charge in [0, 0.05) is 32.7 Å². The van der Waals surface area contributed by atoms with Gasteiger partial charge in [-0.2, -0.15) is 4.98 Å². The van der Waals surface area contributed by atoms with Crippen molar-refractivity contribution in [2.45, 2.75) is 26.6 Å². The molecule has 1 aliphatic heterocycles. The van der Waals surface area contributed by atoms with Crippen LogP contribution in [0.5, 0.6) is 5.75 Å². The average molecular weight is 396 g/mol. The molecule has 152 valence electrons. The second kappa shape index (κ2) is 9.15. The fourth-order valence-electron chi connectivity index (χ4n) is 3.42. The molecule has 7 heteroatoms. The van der Waals surface area contributed by atoms with Crippen molar-refractivity contribution < 1.29 is 13.7 Å². The van der Waals surface area contributed by atoms with Gasteiger partial charge in [0.25, 0.3) is 0 Å². The van der Waals surface area contributed by atoms with E-state index in [-0.39, 0.29) is 12.4 Å². The summed E-state index contributed by atoms with van der Waals surface area (Å²) in [6.07, 6.45) is 0. The Hall–Kier alpha value is -2.77. The summed E-state index contributed by atoms with van der Waals surface area (Å²) < 4.78 is 23.8. The van der Waals surface area contributed by atoms with Gasteiger partial charge in [-0.1, -0.05) is 29.4 Å². The fourth-order valence-corrected chi connectivity index (χ4v) is 3.42. The zero-order valence-electron chi connectivity index (χ0n) is 16.6. The average Bonchev–Trinajstić information content (AvgIpc) is 3.18. The Morgan fingerprint density at radius 3 is 2.38 bits per heavy atom. The van der Waals surface area contributed by atoms with Crippen molar-refractivity contribution >= 4 is 0 Å². The van der Waals surface area contributed by atoms with E-state index in [0.717, 1.165) is 32.7 Å². The second-order valence-corrected chi connectivity index (χ2v) is 7.33. The molecule has 0 N–H and O–H groups in total. The number of ether oxygens (including phenoxy) is 1. The van der Waals surface area contributed by atoms with Gasteiger partial charge in [-0.25, -0.2) is 4.39 Å². The number of nitrogens with zero attached hydrogens (tertiary/aromatic N) is 4. The molecule has 3 aromatic rings. The van der Waals surface area contributed by atoms with Gasteiger partial charge in [-0.3, -0.25) is 9.80 Å². The number of hydrogen-bond donors (Lipinski definition) is 0. The van der Waals surface area contributed by atoms with Crippen molar-refractivity contribution in [2.24, 2.45) is 0 Å². The molecule has 0 unspecified atom stereocenters. The molecule has 2 heterocycles. The maximum absolute atomic E-state index is 12.9. The highest BCUT2D eigenvalue weighted by molar-refractivity contribution is 5.25. The van der Waals surface area contributed by atoms with Crippen molar-refractivity contribution in [3.63, 3.8) is 0 Å². The Labute approximate surface area is 169 Å². The molecule has 0 amide bonds. The van der Waals surface area contributed by atoms with Crippen LogP contribution < -0.4 is 4.74 Å². The Balaban J connectivity index is 1.22. The molecule has 0 radical (unpaired) electrons. The smallest absolute Gasteiger partial charge is 0.240 e. The van der Waals surface area contributed by atoms with Crippen molar-refractivity contribution in [2.75, 3.05) is 26.2 Å². The molecular weight excluding hydrogens is 371 g/mol. The lowest BCUT2D eigenvalue weighted by Crippen LogP contribution is -2.45. The Bertz CT molecular complexity index is 921. The third-order valence-corrected chi connectivity index (χ3v) is 5.17. The predicted octanol–water partition coefficient (Wildman–Crippen LogP) is 3.41. The van der Waals surface area contributed by atoms with Crippen molar-refractivity contribution in [1.29, 1.82) is 0 Å². The molecule has 4 rings (SSSR count). The Morgan fingerprint density at radius 2 is 1.66 bits per heavy atom. The molecule has 0 saturated carbocycles. The van der Waals surface area contributed by atoms with E-state index in [4.69, 9.17) is 9.26 Å². The quantitative estimate of drug-likeness (QED) is 0.610. The molecule has 1 saturated heterocycles. The summed E-state index contributed by atoms with van der Waals surface area (Å²) in [4.78, 5) is 9.21. The minimum Gasteiger partial charge on any atom is -0.485 e. The summed E-state index contributed by atoms with van der Waals surface area (Å²) in [7, 11) is 0. The van der Waals surface area contributed by atoms with E-state index in [2.05, 4.69) is 51.1 Å². The van der Waals surface area contributed by atoms with Crippen LogP contribution in [0.4, 0.5) is 4.39 Å². The summed E-state index contributed by atoms with van der Waals surface area (Å²) in [5.74, 6) is 1.36. The third-order valence-electron chi connectivity index (χ3n) is 5.17. The highest BCUT2D eigenvalue weighted by atomic mass is 19.1. The summed E-state index contributed by atoms with van der Waals surface area (Å²) in [6.45, 7) is 7.96. The minimum absolute atomic E-state index is 0.194. The number of piperazine rings is 1. The van der Waals surface area contributed by atoms with Gasteiger partial charge in [0.15, 0.2) is 6.61 Å². The van der Waals surface area contributed by atoms with Gasteiger partial charge in [0.2, 0.25) is 11.7 Å². The molecule has 1 aromatic heterocycles.